The average molecular weight is 330 g/mol. The van der Waals surface area contributed by atoms with Gasteiger partial charge in [-0.3, -0.25) is 14.8 Å². The molecule has 1 aromatic carbocycles. The first-order valence-corrected chi connectivity index (χ1v) is 7.69. The van der Waals surface area contributed by atoms with Gasteiger partial charge in [-0.2, -0.15) is 0 Å². The van der Waals surface area contributed by atoms with Crippen LogP contribution in [0, 0.1) is 0 Å². The zero-order valence-corrected chi connectivity index (χ0v) is 14.4. The van der Waals surface area contributed by atoms with Crippen molar-refractivity contribution < 1.29 is 14.3 Å². The molecule has 1 aromatic heterocycles. The molecule has 7 nitrogen and oxygen atoms in total. The van der Waals surface area contributed by atoms with Crippen LogP contribution in [0.3, 0.4) is 0 Å². The van der Waals surface area contributed by atoms with Gasteiger partial charge in [0.05, 0.1) is 11.0 Å². The van der Waals surface area contributed by atoms with Crippen LogP contribution in [0.2, 0.25) is 0 Å². The highest BCUT2D eigenvalue weighted by Crippen LogP contribution is 2.15. The molecule has 0 atom stereocenters. The molecular formula is C17H22N4O3. The van der Waals surface area contributed by atoms with Crippen molar-refractivity contribution in [2.45, 2.75) is 32.8 Å². The Morgan fingerprint density at radius 1 is 1.17 bits per heavy atom. The van der Waals surface area contributed by atoms with Gasteiger partial charge >= 0.3 is 6.09 Å². The van der Waals surface area contributed by atoms with Crippen LogP contribution in [0.1, 0.15) is 27.2 Å². The van der Waals surface area contributed by atoms with Crippen LogP contribution in [0.4, 0.5) is 10.5 Å². The summed E-state index contributed by atoms with van der Waals surface area (Å²) >= 11 is 0. The molecule has 0 aliphatic heterocycles. The number of carbonyl (C=O) groups excluding carboxylic acids is 2. The molecule has 0 fully saturated rings. The Bertz CT molecular complexity index is 740. The van der Waals surface area contributed by atoms with Crippen molar-refractivity contribution >= 4 is 28.7 Å². The van der Waals surface area contributed by atoms with E-state index in [0.29, 0.717) is 11.2 Å². The van der Waals surface area contributed by atoms with E-state index in [-0.39, 0.29) is 18.9 Å². The number of nitrogens with zero attached hydrogens (tertiary/aromatic N) is 3. The third-order valence-electron chi connectivity index (χ3n) is 3.13. The second kappa shape index (κ2) is 7.25. The van der Waals surface area contributed by atoms with E-state index in [9.17, 15) is 9.59 Å². The van der Waals surface area contributed by atoms with Crippen molar-refractivity contribution in [2.75, 3.05) is 18.9 Å². The van der Waals surface area contributed by atoms with E-state index in [4.69, 9.17) is 4.74 Å². The summed E-state index contributed by atoms with van der Waals surface area (Å²) < 4.78 is 5.24. The Morgan fingerprint density at radius 3 is 2.50 bits per heavy atom. The first-order chi connectivity index (χ1) is 11.2. The number of aromatic nitrogens is 2. The second-order valence-electron chi connectivity index (χ2n) is 6.46. The molecule has 2 aromatic rings. The van der Waals surface area contributed by atoms with Crippen molar-refractivity contribution in [2.24, 2.45) is 0 Å². The Kier molecular flexibility index (Phi) is 5.33. The van der Waals surface area contributed by atoms with Gasteiger partial charge in [0, 0.05) is 38.1 Å². The van der Waals surface area contributed by atoms with Crippen molar-refractivity contribution in [3.05, 3.63) is 30.6 Å². The van der Waals surface area contributed by atoms with Crippen LogP contribution in [0.25, 0.3) is 11.0 Å². The third kappa shape index (κ3) is 5.19. The molecule has 0 aliphatic rings. The number of hydrogen-bond donors (Lipinski definition) is 1. The fraction of sp³-hybridized carbons (Fsp3) is 0.412. The van der Waals surface area contributed by atoms with Crippen LogP contribution in [-0.4, -0.2) is 46.1 Å². The van der Waals surface area contributed by atoms with Gasteiger partial charge in [-0.1, -0.05) is 0 Å². The predicted octanol–water partition coefficient (Wildman–Crippen LogP) is 2.83. The number of hydrogen-bond acceptors (Lipinski definition) is 5. The summed E-state index contributed by atoms with van der Waals surface area (Å²) in [5, 5.41) is 2.79. The molecule has 7 heteroatoms. The lowest BCUT2D eigenvalue weighted by Gasteiger charge is -2.24. The van der Waals surface area contributed by atoms with Crippen molar-refractivity contribution in [3.63, 3.8) is 0 Å². The number of carbonyl (C=O) groups is 2. The summed E-state index contributed by atoms with van der Waals surface area (Å²) in [4.78, 5) is 33.6. The van der Waals surface area contributed by atoms with Gasteiger partial charge in [-0.05, 0) is 39.0 Å². The minimum absolute atomic E-state index is 0.175. The summed E-state index contributed by atoms with van der Waals surface area (Å²) in [7, 11) is 1.60. The van der Waals surface area contributed by atoms with Gasteiger partial charge in [0.25, 0.3) is 0 Å². The highest BCUT2D eigenvalue weighted by Gasteiger charge is 2.19. The number of ether oxygens (including phenoxy) is 1. The van der Waals surface area contributed by atoms with Crippen molar-refractivity contribution in [1.82, 2.24) is 14.9 Å². The van der Waals surface area contributed by atoms with Crippen LogP contribution < -0.4 is 5.32 Å². The van der Waals surface area contributed by atoms with E-state index in [1.54, 1.807) is 58.4 Å². The summed E-state index contributed by atoms with van der Waals surface area (Å²) in [6.07, 6.45) is 2.95. The standard InChI is InChI=1S/C17H22N4O3/c1-17(2,3)24-16(23)21(4)10-7-15(22)20-12-5-6-13-14(11-12)19-9-8-18-13/h5-6,8-9,11H,7,10H2,1-4H3,(H,20,22). The molecule has 0 radical (unpaired) electrons. The smallest absolute Gasteiger partial charge is 0.410 e. The van der Waals surface area contributed by atoms with Gasteiger partial charge < -0.3 is 15.0 Å². The molecule has 0 unspecified atom stereocenters. The SMILES string of the molecule is CN(CCC(=O)Nc1ccc2nccnc2c1)C(=O)OC(C)(C)C. The minimum Gasteiger partial charge on any atom is -0.444 e. The Balaban J connectivity index is 1.87. The molecule has 128 valence electrons. The molecule has 2 rings (SSSR count). The molecule has 0 saturated heterocycles. The number of benzene rings is 1. The van der Waals surface area contributed by atoms with Crippen molar-refractivity contribution in [1.29, 1.82) is 0 Å². The second-order valence-corrected chi connectivity index (χ2v) is 6.46. The number of fused-ring (bicyclic) bond motifs is 1. The van der Waals surface area contributed by atoms with Gasteiger partial charge in [-0.25, -0.2) is 4.79 Å². The molecular weight excluding hydrogens is 308 g/mol. The minimum atomic E-state index is -0.556. The summed E-state index contributed by atoms with van der Waals surface area (Å²) in [5.74, 6) is -0.186. The highest BCUT2D eigenvalue weighted by molar-refractivity contribution is 5.93. The Hall–Kier alpha value is -2.70. The van der Waals surface area contributed by atoms with Crippen LogP contribution in [0.15, 0.2) is 30.6 Å². The average Bonchev–Trinajstić information content (AvgIpc) is 2.50. The lowest BCUT2D eigenvalue weighted by atomic mass is 10.2. The van der Waals surface area contributed by atoms with E-state index >= 15 is 0 Å². The number of rotatable bonds is 4. The van der Waals surface area contributed by atoms with Crippen LogP contribution in [-0.2, 0) is 9.53 Å². The molecule has 24 heavy (non-hydrogen) atoms. The van der Waals surface area contributed by atoms with E-state index in [1.165, 1.54) is 4.90 Å². The fourth-order valence-electron chi connectivity index (χ4n) is 1.96. The summed E-state index contributed by atoms with van der Waals surface area (Å²) in [6, 6.07) is 5.33. The molecule has 0 bridgehead atoms. The zero-order chi connectivity index (χ0) is 17.7. The quantitative estimate of drug-likeness (QED) is 0.932. The first-order valence-electron chi connectivity index (χ1n) is 7.69. The first kappa shape index (κ1) is 17.7. The lowest BCUT2D eigenvalue weighted by molar-refractivity contribution is -0.116. The maximum Gasteiger partial charge on any atom is 0.410 e. The Labute approximate surface area is 141 Å². The molecule has 0 spiro atoms. The number of amides is 2. The molecule has 0 aliphatic carbocycles. The predicted molar refractivity (Wildman–Crippen MR) is 91.6 cm³/mol. The van der Waals surface area contributed by atoms with Gasteiger partial charge in [0.1, 0.15) is 5.60 Å². The normalized spacial score (nSPS) is 11.2. The van der Waals surface area contributed by atoms with Crippen LogP contribution >= 0.6 is 0 Å². The maximum absolute atomic E-state index is 12.0. The van der Waals surface area contributed by atoms with Gasteiger partial charge in [0.2, 0.25) is 5.91 Å². The van der Waals surface area contributed by atoms with E-state index in [1.807, 2.05) is 0 Å². The third-order valence-corrected chi connectivity index (χ3v) is 3.13. The molecule has 2 amide bonds. The highest BCUT2D eigenvalue weighted by atomic mass is 16.6. The van der Waals surface area contributed by atoms with Crippen LogP contribution in [0.5, 0.6) is 0 Å². The van der Waals surface area contributed by atoms with E-state index < -0.39 is 11.7 Å². The van der Waals surface area contributed by atoms with Gasteiger partial charge in [0.15, 0.2) is 0 Å². The summed E-state index contributed by atoms with van der Waals surface area (Å²) in [6.45, 7) is 5.67. The topological polar surface area (TPSA) is 84.4 Å². The fourth-order valence-corrected chi connectivity index (χ4v) is 1.96. The van der Waals surface area contributed by atoms with E-state index in [2.05, 4.69) is 15.3 Å². The van der Waals surface area contributed by atoms with E-state index in [0.717, 1.165) is 5.52 Å². The largest absolute Gasteiger partial charge is 0.444 e. The van der Waals surface area contributed by atoms with Gasteiger partial charge in [-0.15, -0.1) is 0 Å². The van der Waals surface area contributed by atoms with Crippen molar-refractivity contribution in [3.8, 4) is 0 Å². The molecule has 1 N–H and O–H groups in total. The number of anilines is 1. The Morgan fingerprint density at radius 2 is 1.83 bits per heavy atom. The summed E-state index contributed by atoms with van der Waals surface area (Å²) in [5.41, 5.74) is 1.56. The maximum atomic E-state index is 12.0. The zero-order valence-electron chi connectivity index (χ0n) is 14.4. The molecule has 0 saturated carbocycles. The lowest BCUT2D eigenvalue weighted by Crippen LogP contribution is -2.35. The molecule has 1 heterocycles. The number of nitrogens with one attached hydrogen (secondary N) is 1. The monoisotopic (exact) mass is 330 g/mol.